The monoisotopic (exact) mass is 329 g/mol. The van der Waals surface area contributed by atoms with Crippen molar-refractivity contribution in [2.45, 2.75) is 6.92 Å². The Kier molecular flexibility index (Phi) is 4.24. The predicted octanol–water partition coefficient (Wildman–Crippen LogP) is 2.21. The lowest BCUT2D eigenvalue weighted by Gasteiger charge is -2.03. The molecule has 1 amide bonds. The summed E-state index contributed by atoms with van der Waals surface area (Å²) in [6.07, 6.45) is 1.00. The molecule has 2 aromatic rings. The zero-order valence-electron chi connectivity index (χ0n) is 11.2. The van der Waals surface area contributed by atoms with Gasteiger partial charge in [0.15, 0.2) is 5.13 Å². The summed E-state index contributed by atoms with van der Waals surface area (Å²) < 4.78 is 37.3. The first-order valence-corrected chi connectivity index (χ1v) is 8.47. The second-order valence-corrected chi connectivity index (χ2v) is 7.02. The molecule has 9 heteroatoms. The van der Waals surface area contributed by atoms with Crippen molar-refractivity contribution in [3.8, 4) is 0 Å². The van der Waals surface area contributed by atoms with E-state index in [2.05, 4.69) is 15.0 Å². The van der Waals surface area contributed by atoms with E-state index in [0.717, 1.165) is 17.6 Å². The highest BCUT2D eigenvalue weighted by Gasteiger charge is 2.17. The Hall–Kier alpha value is -2.00. The van der Waals surface area contributed by atoms with E-state index in [1.807, 2.05) is 0 Å². The highest BCUT2D eigenvalue weighted by molar-refractivity contribution is 7.92. The van der Waals surface area contributed by atoms with Crippen LogP contribution in [0.25, 0.3) is 0 Å². The lowest BCUT2D eigenvalue weighted by molar-refractivity contribution is 0.103. The minimum absolute atomic E-state index is 0.124. The Labute approximate surface area is 125 Å². The summed E-state index contributed by atoms with van der Waals surface area (Å²) >= 11 is 0.929. The second-order valence-electron chi connectivity index (χ2n) is 4.27. The Morgan fingerprint density at radius 3 is 2.48 bits per heavy atom. The molecular weight excluding hydrogens is 317 g/mol. The zero-order valence-corrected chi connectivity index (χ0v) is 12.8. The summed E-state index contributed by atoms with van der Waals surface area (Å²) in [5.41, 5.74) is 0.845. The standard InChI is InChI=1S/C12H12FN3O3S2/c1-7-10(20-12(14-7)16-21(2,18)19)11(17)15-9-5-3-8(13)4-6-9/h3-6H,1-2H3,(H,14,16)(H,15,17). The number of nitrogens with zero attached hydrogens (tertiary/aromatic N) is 1. The molecular formula is C12H12FN3O3S2. The fraction of sp³-hybridized carbons (Fsp3) is 0.167. The molecule has 0 radical (unpaired) electrons. The van der Waals surface area contributed by atoms with Crippen LogP contribution in [0.5, 0.6) is 0 Å². The lowest BCUT2D eigenvalue weighted by Crippen LogP contribution is -2.11. The van der Waals surface area contributed by atoms with Gasteiger partial charge in [0.25, 0.3) is 5.91 Å². The number of aryl methyl sites for hydroxylation is 1. The Bertz CT molecular complexity index is 770. The number of amides is 1. The van der Waals surface area contributed by atoms with E-state index in [1.165, 1.54) is 24.3 Å². The van der Waals surface area contributed by atoms with Crippen LogP contribution in [0.1, 0.15) is 15.4 Å². The third kappa shape index (κ3) is 4.23. The predicted molar refractivity (Wildman–Crippen MR) is 79.7 cm³/mol. The first kappa shape index (κ1) is 15.4. The number of carbonyl (C=O) groups excluding carboxylic acids is 1. The second kappa shape index (κ2) is 5.78. The van der Waals surface area contributed by atoms with Crippen molar-refractivity contribution in [2.24, 2.45) is 0 Å². The largest absolute Gasteiger partial charge is 0.321 e. The SMILES string of the molecule is Cc1nc(NS(C)(=O)=O)sc1C(=O)Nc1ccc(F)cc1. The first-order chi connectivity index (χ1) is 9.74. The van der Waals surface area contributed by atoms with Gasteiger partial charge in [-0.1, -0.05) is 11.3 Å². The van der Waals surface area contributed by atoms with Crippen LogP contribution < -0.4 is 10.0 Å². The molecule has 0 saturated heterocycles. The molecule has 0 saturated carbocycles. The maximum atomic E-state index is 12.8. The van der Waals surface area contributed by atoms with Crippen molar-refractivity contribution in [1.29, 1.82) is 0 Å². The van der Waals surface area contributed by atoms with Crippen LogP contribution in [0.2, 0.25) is 0 Å². The molecule has 6 nitrogen and oxygen atoms in total. The van der Waals surface area contributed by atoms with Crippen molar-refractivity contribution < 1.29 is 17.6 Å². The molecule has 0 bridgehead atoms. The number of hydrogen-bond acceptors (Lipinski definition) is 5. The molecule has 0 spiro atoms. The van der Waals surface area contributed by atoms with E-state index in [-0.39, 0.29) is 10.0 Å². The van der Waals surface area contributed by atoms with Crippen molar-refractivity contribution >= 4 is 38.1 Å². The van der Waals surface area contributed by atoms with E-state index in [4.69, 9.17) is 0 Å². The molecule has 0 aliphatic carbocycles. The van der Waals surface area contributed by atoms with Crippen LogP contribution >= 0.6 is 11.3 Å². The van der Waals surface area contributed by atoms with Gasteiger partial charge in [0, 0.05) is 5.69 Å². The highest BCUT2D eigenvalue weighted by Crippen LogP contribution is 2.24. The average Bonchev–Trinajstić information content (AvgIpc) is 2.70. The molecule has 0 fully saturated rings. The minimum atomic E-state index is -3.45. The van der Waals surface area contributed by atoms with Gasteiger partial charge in [0.1, 0.15) is 10.7 Å². The number of anilines is 2. The number of hydrogen-bond donors (Lipinski definition) is 2. The quantitative estimate of drug-likeness (QED) is 0.900. The number of sulfonamides is 1. The maximum absolute atomic E-state index is 12.8. The van der Waals surface area contributed by atoms with Crippen LogP contribution in [-0.2, 0) is 10.0 Å². The van der Waals surface area contributed by atoms with E-state index >= 15 is 0 Å². The molecule has 0 unspecified atom stereocenters. The summed E-state index contributed by atoms with van der Waals surface area (Å²) in [5.74, 6) is -0.834. The number of rotatable bonds is 4. The number of carbonyl (C=O) groups is 1. The average molecular weight is 329 g/mol. The molecule has 0 atom stereocenters. The topological polar surface area (TPSA) is 88.2 Å². The molecule has 1 heterocycles. The smallest absolute Gasteiger partial charge is 0.267 e. The fourth-order valence-corrected chi connectivity index (χ4v) is 3.23. The zero-order chi connectivity index (χ0) is 15.6. The maximum Gasteiger partial charge on any atom is 0.267 e. The first-order valence-electron chi connectivity index (χ1n) is 5.77. The summed E-state index contributed by atoms with van der Waals surface area (Å²) in [5, 5.41) is 2.71. The van der Waals surface area contributed by atoms with Gasteiger partial charge in [-0.15, -0.1) is 0 Å². The molecule has 0 aliphatic rings. The van der Waals surface area contributed by atoms with Crippen LogP contribution in [0.3, 0.4) is 0 Å². The number of thiazole rings is 1. The number of aromatic nitrogens is 1. The fourth-order valence-electron chi connectivity index (χ4n) is 1.53. The normalized spacial score (nSPS) is 11.2. The molecule has 2 rings (SSSR count). The lowest BCUT2D eigenvalue weighted by atomic mass is 10.3. The number of nitrogens with one attached hydrogen (secondary N) is 2. The van der Waals surface area contributed by atoms with Crippen LogP contribution in [-0.4, -0.2) is 25.6 Å². The summed E-state index contributed by atoms with van der Waals surface area (Å²) in [7, 11) is -3.45. The van der Waals surface area contributed by atoms with Crippen molar-refractivity contribution in [3.63, 3.8) is 0 Å². The van der Waals surface area contributed by atoms with Crippen molar-refractivity contribution in [3.05, 3.63) is 40.7 Å². The van der Waals surface area contributed by atoms with Gasteiger partial charge < -0.3 is 5.32 Å². The molecule has 112 valence electrons. The number of benzene rings is 1. The van der Waals surface area contributed by atoms with Gasteiger partial charge in [-0.05, 0) is 31.2 Å². The highest BCUT2D eigenvalue weighted by atomic mass is 32.2. The van der Waals surface area contributed by atoms with Gasteiger partial charge in [-0.3, -0.25) is 9.52 Å². The summed E-state index contributed by atoms with van der Waals surface area (Å²) in [6, 6.07) is 5.32. The van der Waals surface area contributed by atoms with Gasteiger partial charge in [0.2, 0.25) is 10.0 Å². The van der Waals surface area contributed by atoms with Crippen LogP contribution in [0.4, 0.5) is 15.2 Å². The molecule has 2 N–H and O–H groups in total. The third-order valence-electron chi connectivity index (χ3n) is 2.38. The van der Waals surface area contributed by atoms with Crippen molar-refractivity contribution in [1.82, 2.24) is 4.98 Å². The van der Waals surface area contributed by atoms with E-state index in [9.17, 15) is 17.6 Å². The van der Waals surface area contributed by atoms with Gasteiger partial charge in [-0.2, -0.15) is 0 Å². The molecule has 21 heavy (non-hydrogen) atoms. The molecule has 1 aromatic heterocycles. The molecule has 0 aliphatic heterocycles. The summed E-state index contributed by atoms with van der Waals surface area (Å²) in [6.45, 7) is 1.60. The summed E-state index contributed by atoms with van der Waals surface area (Å²) in [4.78, 5) is 16.4. The van der Waals surface area contributed by atoms with E-state index < -0.39 is 21.7 Å². The minimum Gasteiger partial charge on any atom is -0.321 e. The number of halogens is 1. The van der Waals surface area contributed by atoms with Gasteiger partial charge >= 0.3 is 0 Å². The Morgan fingerprint density at radius 2 is 1.90 bits per heavy atom. The third-order valence-corrected chi connectivity index (χ3v) is 4.14. The van der Waals surface area contributed by atoms with Gasteiger partial charge in [-0.25, -0.2) is 17.8 Å². The van der Waals surface area contributed by atoms with Crippen LogP contribution in [0.15, 0.2) is 24.3 Å². The van der Waals surface area contributed by atoms with Gasteiger partial charge in [0.05, 0.1) is 11.9 Å². The molecule has 1 aromatic carbocycles. The van der Waals surface area contributed by atoms with Crippen LogP contribution in [0, 0.1) is 12.7 Å². The Balaban J connectivity index is 2.17. The Morgan fingerprint density at radius 1 is 1.29 bits per heavy atom. The van der Waals surface area contributed by atoms with E-state index in [1.54, 1.807) is 6.92 Å². The van der Waals surface area contributed by atoms with E-state index in [0.29, 0.717) is 11.4 Å². The van der Waals surface area contributed by atoms with Crippen molar-refractivity contribution in [2.75, 3.05) is 16.3 Å².